The second-order valence-electron chi connectivity index (χ2n) is 5.11. The molecule has 94 valence electrons. The molecule has 2 aliphatic rings. The van der Waals surface area contributed by atoms with Crippen molar-refractivity contribution in [1.82, 2.24) is 15.1 Å². The number of likely N-dealkylation sites (tertiary alicyclic amines) is 1. The molecule has 0 aromatic carbocycles. The van der Waals surface area contributed by atoms with E-state index in [1.807, 2.05) is 0 Å². The monoisotopic (exact) mass is 229 g/mol. The molecule has 3 nitrogen and oxygen atoms in total. The number of nitrogens with one attached hydrogen (secondary N) is 1. The minimum Gasteiger partial charge on any atom is -0.314 e. The van der Waals surface area contributed by atoms with Crippen LogP contribution in [0.1, 0.15) is 19.8 Å². The van der Waals surface area contributed by atoms with Crippen LogP contribution in [0.15, 0.2) is 0 Å². The maximum Gasteiger partial charge on any atom is 0.126 e. The second kappa shape index (κ2) is 5.43. The summed E-state index contributed by atoms with van der Waals surface area (Å²) in [5.41, 5.74) is -0.928. The zero-order valence-electron chi connectivity index (χ0n) is 10.3. The van der Waals surface area contributed by atoms with Crippen molar-refractivity contribution in [2.45, 2.75) is 25.4 Å². The van der Waals surface area contributed by atoms with Crippen molar-refractivity contribution in [2.75, 3.05) is 52.4 Å². The third kappa shape index (κ3) is 3.15. The summed E-state index contributed by atoms with van der Waals surface area (Å²) in [5, 5.41) is 3.31. The zero-order valence-corrected chi connectivity index (χ0v) is 10.3. The maximum atomic E-state index is 14.6. The molecule has 0 aliphatic carbocycles. The SMILES string of the molecule is CCN1CCC(F)(CN2CCNCC2)CC1. The smallest absolute Gasteiger partial charge is 0.126 e. The molecule has 0 aromatic rings. The van der Waals surface area contributed by atoms with Crippen LogP contribution in [0.3, 0.4) is 0 Å². The van der Waals surface area contributed by atoms with Gasteiger partial charge in [0.05, 0.1) is 0 Å². The predicted octanol–water partition coefficient (Wildman–Crippen LogP) is 0.716. The van der Waals surface area contributed by atoms with Crippen LogP contribution in [-0.2, 0) is 0 Å². The Balaban J connectivity index is 1.79. The first-order valence-electron chi connectivity index (χ1n) is 6.56. The number of nitrogens with zero attached hydrogens (tertiary/aromatic N) is 2. The van der Waals surface area contributed by atoms with Crippen LogP contribution in [0.2, 0.25) is 0 Å². The highest BCUT2D eigenvalue weighted by molar-refractivity contribution is 4.89. The molecule has 2 saturated heterocycles. The summed E-state index contributed by atoms with van der Waals surface area (Å²) in [6.07, 6.45) is 1.43. The fraction of sp³-hybridized carbons (Fsp3) is 1.00. The Labute approximate surface area is 98.0 Å². The van der Waals surface area contributed by atoms with Crippen molar-refractivity contribution in [1.29, 1.82) is 0 Å². The van der Waals surface area contributed by atoms with E-state index in [1.165, 1.54) is 0 Å². The number of piperazine rings is 1. The minimum atomic E-state index is -0.928. The Hall–Kier alpha value is -0.190. The molecule has 16 heavy (non-hydrogen) atoms. The van der Waals surface area contributed by atoms with Gasteiger partial charge in [0.2, 0.25) is 0 Å². The van der Waals surface area contributed by atoms with Gasteiger partial charge < -0.3 is 10.2 Å². The van der Waals surface area contributed by atoms with Gasteiger partial charge in [-0.2, -0.15) is 0 Å². The lowest BCUT2D eigenvalue weighted by atomic mass is 9.92. The summed E-state index contributed by atoms with van der Waals surface area (Å²) in [4.78, 5) is 4.62. The minimum absolute atomic E-state index is 0.645. The molecular weight excluding hydrogens is 205 g/mol. The summed E-state index contributed by atoms with van der Waals surface area (Å²) >= 11 is 0. The Morgan fingerprint density at radius 2 is 1.69 bits per heavy atom. The third-order valence-corrected chi connectivity index (χ3v) is 3.92. The van der Waals surface area contributed by atoms with Gasteiger partial charge in [-0.15, -0.1) is 0 Å². The van der Waals surface area contributed by atoms with Crippen LogP contribution in [0.5, 0.6) is 0 Å². The molecule has 2 rings (SSSR count). The van der Waals surface area contributed by atoms with E-state index in [4.69, 9.17) is 0 Å². The standard InChI is InChI=1S/C12H24FN3/c1-2-15-7-3-12(13,4-8-15)11-16-9-5-14-6-10-16/h14H,2-11H2,1H3. The molecule has 2 fully saturated rings. The third-order valence-electron chi connectivity index (χ3n) is 3.92. The fourth-order valence-corrected chi connectivity index (χ4v) is 2.70. The molecular formula is C12H24FN3. The van der Waals surface area contributed by atoms with Crippen molar-refractivity contribution < 1.29 is 4.39 Å². The Morgan fingerprint density at radius 1 is 1.06 bits per heavy atom. The first-order chi connectivity index (χ1) is 7.72. The Bertz CT molecular complexity index is 208. The van der Waals surface area contributed by atoms with Gasteiger partial charge in [-0.1, -0.05) is 6.92 Å². The number of hydrogen-bond donors (Lipinski definition) is 1. The molecule has 1 N–H and O–H groups in total. The molecule has 0 amide bonds. The van der Waals surface area contributed by atoms with Crippen LogP contribution in [0.4, 0.5) is 4.39 Å². The first kappa shape index (κ1) is 12.3. The largest absolute Gasteiger partial charge is 0.314 e. The van der Waals surface area contributed by atoms with Crippen LogP contribution < -0.4 is 5.32 Å². The van der Waals surface area contributed by atoms with E-state index in [0.29, 0.717) is 19.4 Å². The van der Waals surface area contributed by atoms with E-state index in [-0.39, 0.29) is 0 Å². The quantitative estimate of drug-likeness (QED) is 0.769. The maximum absolute atomic E-state index is 14.6. The lowest BCUT2D eigenvalue weighted by Crippen LogP contribution is -2.52. The molecule has 0 unspecified atom stereocenters. The van der Waals surface area contributed by atoms with E-state index in [0.717, 1.165) is 45.8 Å². The lowest BCUT2D eigenvalue weighted by molar-refractivity contribution is 0.0228. The highest BCUT2D eigenvalue weighted by atomic mass is 19.1. The van der Waals surface area contributed by atoms with E-state index in [9.17, 15) is 4.39 Å². The number of alkyl halides is 1. The van der Waals surface area contributed by atoms with E-state index >= 15 is 0 Å². The van der Waals surface area contributed by atoms with Gasteiger partial charge >= 0.3 is 0 Å². The van der Waals surface area contributed by atoms with Gasteiger partial charge in [0.25, 0.3) is 0 Å². The number of piperidine rings is 1. The first-order valence-corrected chi connectivity index (χ1v) is 6.56. The molecule has 0 aromatic heterocycles. The molecule has 0 atom stereocenters. The van der Waals surface area contributed by atoms with Gasteiger partial charge in [-0.05, 0) is 19.4 Å². The Kier molecular flexibility index (Phi) is 4.16. The van der Waals surface area contributed by atoms with Crippen molar-refractivity contribution in [3.05, 3.63) is 0 Å². The highest BCUT2D eigenvalue weighted by Crippen LogP contribution is 2.27. The normalized spacial score (nSPS) is 28.1. The van der Waals surface area contributed by atoms with Gasteiger partial charge in [-0.3, -0.25) is 4.90 Å². The predicted molar refractivity (Wildman–Crippen MR) is 64.5 cm³/mol. The van der Waals surface area contributed by atoms with Gasteiger partial charge in [-0.25, -0.2) is 4.39 Å². The highest BCUT2D eigenvalue weighted by Gasteiger charge is 2.35. The van der Waals surface area contributed by atoms with E-state index < -0.39 is 5.67 Å². The molecule has 0 spiro atoms. The number of hydrogen-bond acceptors (Lipinski definition) is 3. The van der Waals surface area contributed by atoms with E-state index in [1.54, 1.807) is 0 Å². The second-order valence-corrected chi connectivity index (χ2v) is 5.11. The lowest BCUT2D eigenvalue weighted by Gasteiger charge is -2.40. The molecule has 0 saturated carbocycles. The summed E-state index contributed by atoms with van der Waals surface area (Å²) in [6.45, 7) is 9.75. The van der Waals surface area contributed by atoms with Gasteiger partial charge in [0, 0.05) is 45.8 Å². The zero-order chi connectivity index (χ0) is 11.4. The molecule has 0 bridgehead atoms. The van der Waals surface area contributed by atoms with Crippen LogP contribution in [0.25, 0.3) is 0 Å². The van der Waals surface area contributed by atoms with Crippen molar-refractivity contribution >= 4 is 0 Å². The summed E-state index contributed by atoms with van der Waals surface area (Å²) in [7, 11) is 0. The van der Waals surface area contributed by atoms with Gasteiger partial charge in [0.15, 0.2) is 0 Å². The molecule has 4 heteroatoms. The van der Waals surface area contributed by atoms with Crippen LogP contribution >= 0.6 is 0 Å². The Morgan fingerprint density at radius 3 is 2.25 bits per heavy atom. The van der Waals surface area contributed by atoms with Gasteiger partial charge in [0.1, 0.15) is 5.67 Å². The molecule has 0 radical (unpaired) electrons. The summed E-state index contributed by atoms with van der Waals surface area (Å²) < 4.78 is 14.6. The van der Waals surface area contributed by atoms with Crippen LogP contribution in [0, 0.1) is 0 Å². The average molecular weight is 229 g/mol. The summed E-state index contributed by atoms with van der Waals surface area (Å²) in [5.74, 6) is 0. The number of rotatable bonds is 3. The van der Waals surface area contributed by atoms with Crippen molar-refractivity contribution in [3.63, 3.8) is 0 Å². The van der Waals surface area contributed by atoms with Crippen molar-refractivity contribution in [2.24, 2.45) is 0 Å². The number of halogens is 1. The fourth-order valence-electron chi connectivity index (χ4n) is 2.70. The van der Waals surface area contributed by atoms with E-state index in [2.05, 4.69) is 22.0 Å². The van der Waals surface area contributed by atoms with Crippen LogP contribution in [-0.4, -0.2) is 67.8 Å². The molecule has 2 aliphatic heterocycles. The van der Waals surface area contributed by atoms with Crippen molar-refractivity contribution in [3.8, 4) is 0 Å². The topological polar surface area (TPSA) is 18.5 Å². The average Bonchev–Trinajstić information content (AvgIpc) is 2.31. The summed E-state index contributed by atoms with van der Waals surface area (Å²) in [6, 6.07) is 0. The molecule has 2 heterocycles.